The number of hydrogen-bond donors (Lipinski definition) is 2. The maximum Gasteiger partial charge on any atom is 0.0610 e. The van der Waals surface area contributed by atoms with Gasteiger partial charge in [-0.3, -0.25) is 0 Å². The highest BCUT2D eigenvalue weighted by molar-refractivity contribution is 7.93. The van der Waals surface area contributed by atoms with E-state index in [9.17, 15) is 5.11 Å². The van der Waals surface area contributed by atoms with Gasteiger partial charge in [-0.1, -0.05) is 13.8 Å². The zero-order valence-electron chi connectivity index (χ0n) is 8.23. The van der Waals surface area contributed by atoms with E-state index in [1.807, 2.05) is 0 Å². The first-order valence-corrected chi connectivity index (χ1v) is 6.00. The summed E-state index contributed by atoms with van der Waals surface area (Å²) in [6.07, 6.45) is 1.93. The Morgan fingerprint density at radius 1 is 1.54 bits per heavy atom. The van der Waals surface area contributed by atoms with Crippen molar-refractivity contribution in [3.63, 3.8) is 0 Å². The minimum Gasteiger partial charge on any atom is -0.392 e. The Morgan fingerprint density at radius 2 is 2.23 bits per heavy atom. The molecule has 3 fully saturated rings. The van der Waals surface area contributed by atoms with Gasteiger partial charge in [0.15, 0.2) is 0 Å². The molecule has 0 radical (unpaired) electrons. The molecule has 0 aliphatic heterocycles. The van der Waals surface area contributed by atoms with Crippen molar-refractivity contribution >= 4 is 12.0 Å². The van der Waals surface area contributed by atoms with Crippen LogP contribution in [-0.4, -0.2) is 21.5 Å². The lowest BCUT2D eigenvalue weighted by Gasteiger charge is -2.50. The van der Waals surface area contributed by atoms with Gasteiger partial charge in [0.05, 0.1) is 6.10 Å². The van der Waals surface area contributed by atoms with Crippen LogP contribution in [0.15, 0.2) is 0 Å². The molecule has 0 aromatic carbocycles. The van der Waals surface area contributed by atoms with Gasteiger partial charge >= 0.3 is 0 Å². The topological polar surface area (TPSA) is 40.5 Å². The van der Waals surface area contributed by atoms with Crippen molar-refractivity contribution in [3.8, 4) is 0 Å². The minimum absolute atomic E-state index is 0.0538. The molecule has 0 heterocycles. The first-order chi connectivity index (χ1) is 6.12. The molecule has 0 aromatic rings. The highest BCUT2D eigenvalue weighted by Gasteiger charge is 2.64. The Balaban J connectivity index is 2.15. The second-order valence-electron chi connectivity index (χ2n) is 4.99. The predicted octanol–water partition coefficient (Wildman–Crippen LogP) is 2.24. The molecular weight excluding hydrogens is 184 g/mol. The molecule has 3 heteroatoms. The summed E-state index contributed by atoms with van der Waals surface area (Å²) in [6, 6.07) is 0. The van der Waals surface area contributed by atoms with Crippen LogP contribution in [-0.2, 0) is 0 Å². The van der Waals surface area contributed by atoms with Gasteiger partial charge in [-0.25, -0.2) is 0 Å². The second-order valence-corrected chi connectivity index (χ2v) is 5.54. The highest BCUT2D eigenvalue weighted by atomic mass is 32.2. The lowest BCUT2D eigenvalue weighted by molar-refractivity contribution is -0.0398. The van der Waals surface area contributed by atoms with Gasteiger partial charge in [0.25, 0.3) is 0 Å². The molecule has 13 heavy (non-hydrogen) atoms. The molecule has 3 aliphatic carbocycles. The summed E-state index contributed by atoms with van der Waals surface area (Å²) in [4.78, 5) is 0. The fourth-order valence-corrected chi connectivity index (χ4v) is 4.49. The third-order valence-corrected chi connectivity index (χ3v) is 4.72. The molecule has 3 saturated carbocycles. The first-order valence-electron chi connectivity index (χ1n) is 5.06. The Labute approximate surface area is 83.9 Å². The zero-order chi connectivity index (χ0) is 9.64. The van der Waals surface area contributed by atoms with Crippen molar-refractivity contribution in [1.29, 1.82) is 0 Å². The number of fused-ring (bicyclic) bond motifs is 1. The molecule has 0 aromatic heterocycles. The second kappa shape index (κ2) is 3.14. The van der Waals surface area contributed by atoms with Crippen LogP contribution < -0.4 is 0 Å². The molecule has 4 atom stereocenters. The Morgan fingerprint density at radius 3 is 2.69 bits per heavy atom. The summed E-state index contributed by atoms with van der Waals surface area (Å²) in [5.74, 6) is 2.72. The summed E-state index contributed by atoms with van der Waals surface area (Å²) in [5.41, 5.74) is 0.0538. The van der Waals surface area contributed by atoms with Crippen LogP contribution in [0.2, 0.25) is 0 Å². The molecule has 2 bridgehead atoms. The number of aliphatic hydroxyl groups is 1. The van der Waals surface area contributed by atoms with Gasteiger partial charge in [-0.15, -0.1) is 0 Å². The fraction of sp³-hybridized carbons (Fsp3) is 1.00. The van der Waals surface area contributed by atoms with Gasteiger partial charge in [0.1, 0.15) is 0 Å². The largest absolute Gasteiger partial charge is 0.392 e. The molecule has 3 aliphatic rings. The van der Waals surface area contributed by atoms with Crippen LogP contribution in [0, 0.1) is 23.2 Å². The van der Waals surface area contributed by atoms with Gasteiger partial charge < -0.3 is 9.66 Å². The third kappa shape index (κ3) is 1.17. The predicted molar refractivity (Wildman–Crippen MR) is 54.6 cm³/mol. The number of rotatable bonds is 3. The lowest BCUT2D eigenvalue weighted by atomic mass is 9.57. The summed E-state index contributed by atoms with van der Waals surface area (Å²) in [6.45, 7) is 4.46. The van der Waals surface area contributed by atoms with Crippen molar-refractivity contribution in [2.45, 2.75) is 32.8 Å². The molecular formula is C10H18O2S. The standard InChI is InChI=1S/C10H18O2S/c1-6(2)9-7-3-8(11)10(9,4-7)5-13-12/h6-9,11-12H,3-5H2,1-2H3. The van der Waals surface area contributed by atoms with Gasteiger partial charge in [0.2, 0.25) is 0 Å². The summed E-state index contributed by atoms with van der Waals surface area (Å²) in [7, 11) is 0. The first kappa shape index (κ1) is 9.81. The van der Waals surface area contributed by atoms with E-state index < -0.39 is 0 Å². The van der Waals surface area contributed by atoms with E-state index in [4.69, 9.17) is 4.55 Å². The average molecular weight is 202 g/mol. The fourth-order valence-electron chi connectivity index (χ4n) is 3.75. The molecule has 2 N–H and O–H groups in total. The summed E-state index contributed by atoms with van der Waals surface area (Å²) >= 11 is 0.901. The van der Waals surface area contributed by atoms with E-state index in [2.05, 4.69) is 13.8 Å². The molecule has 0 amide bonds. The van der Waals surface area contributed by atoms with Crippen LogP contribution in [0.1, 0.15) is 26.7 Å². The normalized spacial score (nSPS) is 48.2. The van der Waals surface area contributed by atoms with Crippen LogP contribution in [0.5, 0.6) is 0 Å². The van der Waals surface area contributed by atoms with Crippen molar-refractivity contribution in [2.75, 3.05) is 5.75 Å². The molecule has 4 unspecified atom stereocenters. The molecule has 3 rings (SSSR count). The van der Waals surface area contributed by atoms with Gasteiger partial charge in [-0.05, 0) is 42.6 Å². The van der Waals surface area contributed by atoms with Crippen molar-refractivity contribution in [1.82, 2.24) is 0 Å². The SMILES string of the molecule is CC(C)C1C2CC(O)C1(CSO)C2. The third-order valence-electron chi connectivity index (χ3n) is 4.06. The van der Waals surface area contributed by atoms with Crippen molar-refractivity contribution in [3.05, 3.63) is 0 Å². The number of aliphatic hydroxyl groups excluding tert-OH is 1. The molecule has 76 valence electrons. The van der Waals surface area contributed by atoms with Crippen LogP contribution in [0.3, 0.4) is 0 Å². The maximum absolute atomic E-state index is 9.92. The molecule has 2 nitrogen and oxygen atoms in total. The zero-order valence-corrected chi connectivity index (χ0v) is 9.05. The van der Waals surface area contributed by atoms with E-state index in [0.717, 1.165) is 30.8 Å². The lowest BCUT2D eigenvalue weighted by Crippen LogP contribution is -2.49. The van der Waals surface area contributed by atoms with E-state index in [1.54, 1.807) is 0 Å². The highest BCUT2D eigenvalue weighted by Crippen LogP contribution is 2.66. The Kier molecular flexibility index (Phi) is 2.37. The molecule has 0 saturated heterocycles. The van der Waals surface area contributed by atoms with Crippen molar-refractivity contribution < 1.29 is 9.66 Å². The van der Waals surface area contributed by atoms with Crippen molar-refractivity contribution in [2.24, 2.45) is 23.2 Å². The maximum atomic E-state index is 9.92. The summed E-state index contributed by atoms with van der Waals surface area (Å²) in [5, 5.41) is 9.92. The number of hydrogen-bond acceptors (Lipinski definition) is 3. The Hall–Kier alpha value is 0.270. The van der Waals surface area contributed by atoms with Crippen LogP contribution in [0.25, 0.3) is 0 Å². The Bertz CT molecular complexity index is 207. The van der Waals surface area contributed by atoms with Gasteiger partial charge in [-0.2, -0.15) is 0 Å². The van der Waals surface area contributed by atoms with E-state index in [-0.39, 0.29) is 11.5 Å². The smallest absolute Gasteiger partial charge is 0.0610 e. The quantitative estimate of drug-likeness (QED) is 0.689. The summed E-state index contributed by atoms with van der Waals surface area (Å²) < 4.78 is 8.94. The molecule has 0 spiro atoms. The van der Waals surface area contributed by atoms with E-state index in [1.165, 1.54) is 0 Å². The van der Waals surface area contributed by atoms with E-state index in [0.29, 0.717) is 17.6 Å². The monoisotopic (exact) mass is 202 g/mol. The van der Waals surface area contributed by atoms with E-state index >= 15 is 0 Å². The van der Waals surface area contributed by atoms with Crippen LogP contribution in [0.4, 0.5) is 0 Å². The average Bonchev–Trinajstić information content (AvgIpc) is 2.40. The van der Waals surface area contributed by atoms with Gasteiger partial charge in [0, 0.05) is 11.2 Å². The minimum atomic E-state index is -0.162. The van der Waals surface area contributed by atoms with Crippen LogP contribution >= 0.6 is 12.0 Å².